The molecule has 0 aliphatic carbocycles. The largest absolute Gasteiger partial charge is 0.388 e. The fraction of sp³-hybridized carbons (Fsp3) is 0.167. The van der Waals surface area contributed by atoms with E-state index in [2.05, 4.69) is 0 Å². The van der Waals surface area contributed by atoms with Crippen molar-refractivity contribution in [1.82, 2.24) is 0 Å². The van der Waals surface area contributed by atoms with E-state index in [-0.39, 0.29) is 23.0 Å². The molecule has 9 heteroatoms. The first kappa shape index (κ1) is 26.5. The summed E-state index contributed by atoms with van der Waals surface area (Å²) in [6, 6.07) is 24.9. The van der Waals surface area contributed by atoms with E-state index in [4.69, 9.17) is 4.18 Å². The van der Waals surface area contributed by atoms with Crippen molar-refractivity contribution < 1.29 is 31.3 Å². The number of hydrogen-bond acceptors (Lipinski definition) is 5. The number of nitrogens with zero attached hydrogens (tertiary/aromatic N) is 1. The zero-order chi connectivity index (χ0) is 27.6. The molecule has 1 aliphatic heterocycles. The van der Waals surface area contributed by atoms with E-state index in [9.17, 15) is 27.1 Å². The number of aliphatic hydroxyl groups excluding tert-OH is 1. The molecule has 0 radical (unpaired) electrons. The summed E-state index contributed by atoms with van der Waals surface area (Å²) in [6.45, 7) is 0. The summed E-state index contributed by atoms with van der Waals surface area (Å²) in [5.41, 5.74) is 1.80. The summed E-state index contributed by atoms with van der Waals surface area (Å²) >= 11 is 0. The number of β-lactam (4-membered cyclic amide) rings is 1. The molecule has 200 valence electrons. The van der Waals surface area contributed by atoms with Gasteiger partial charge in [-0.15, -0.1) is 0 Å². The van der Waals surface area contributed by atoms with Crippen LogP contribution in [0.2, 0.25) is 0 Å². The fourth-order valence-corrected chi connectivity index (χ4v) is 5.72. The van der Waals surface area contributed by atoms with Gasteiger partial charge in [0.1, 0.15) is 22.3 Å². The summed E-state index contributed by atoms with van der Waals surface area (Å²) < 4.78 is 57.2. The summed E-state index contributed by atoms with van der Waals surface area (Å²) in [5.74, 6) is -1.37. The lowest BCUT2D eigenvalue weighted by molar-refractivity contribution is -0.131. The molecule has 0 bridgehead atoms. The van der Waals surface area contributed by atoms with Gasteiger partial charge in [0.25, 0.3) is 0 Å². The molecule has 6 nitrogen and oxygen atoms in total. The molecule has 1 fully saturated rings. The van der Waals surface area contributed by atoms with E-state index in [1.807, 2.05) is 0 Å². The van der Waals surface area contributed by atoms with Gasteiger partial charge in [-0.05, 0) is 84.6 Å². The van der Waals surface area contributed by atoms with Gasteiger partial charge in [0.15, 0.2) is 0 Å². The minimum atomic E-state index is -4.01. The third-order valence-electron chi connectivity index (χ3n) is 6.78. The van der Waals surface area contributed by atoms with Gasteiger partial charge >= 0.3 is 10.1 Å². The highest BCUT2D eigenvalue weighted by Gasteiger charge is 2.48. The molecule has 0 spiro atoms. The number of rotatable bonds is 9. The third-order valence-corrected chi connectivity index (χ3v) is 8.05. The number of halogens is 2. The van der Waals surface area contributed by atoms with Crippen LogP contribution < -0.4 is 9.08 Å². The van der Waals surface area contributed by atoms with Crippen molar-refractivity contribution in [3.8, 4) is 5.75 Å². The van der Waals surface area contributed by atoms with Crippen molar-refractivity contribution in [2.24, 2.45) is 5.92 Å². The Labute approximate surface area is 225 Å². The lowest BCUT2D eigenvalue weighted by atomic mass is 9.78. The Hall–Kier alpha value is -4.08. The van der Waals surface area contributed by atoms with Crippen LogP contribution >= 0.6 is 0 Å². The highest BCUT2D eigenvalue weighted by atomic mass is 32.2. The highest BCUT2D eigenvalue weighted by Crippen LogP contribution is 2.46. The van der Waals surface area contributed by atoms with Crippen LogP contribution in [-0.2, 0) is 14.9 Å². The molecule has 3 atom stereocenters. The van der Waals surface area contributed by atoms with Crippen molar-refractivity contribution in [2.75, 3.05) is 4.90 Å². The summed E-state index contributed by atoms with van der Waals surface area (Å²) in [6.07, 6.45) is -0.259. The number of hydrogen-bond donors (Lipinski definition) is 1. The molecule has 4 aromatic rings. The van der Waals surface area contributed by atoms with Crippen molar-refractivity contribution in [3.05, 3.63) is 126 Å². The molecule has 1 saturated heterocycles. The highest BCUT2D eigenvalue weighted by molar-refractivity contribution is 7.87. The van der Waals surface area contributed by atoms with Gasteiger partial charge in [0.05, 0.1) is 18.1 Å². The molecule has 0 aromatic heterocycles. The molecule has 1 unspecified atom stereocenters. The molecule has 1 N–H and O–H groups in total. The van der Waals surface area contributed by atoms with Crippen LogP contribution in [0.4, 0.5) is 14.5 Å². The molecule has 4 aromatic carbocycles. The standard InChI is InChI=1S/C30H25F2NO5S/c31-22-10-6-20(7-11-22)28(34)19-18-27-29(33(30(27)35)24-14-12-23(32)13-15-24)21-8-16-25(17-9-21)38-39(36,37)26-4-2-1-3-5-26/h1-17,27-29,34H,18-19H2/t27-,28?,29-/m1/s1. The van der Waals surface area contributed by atoms with Crippen LogP contribution in [0.1, 0.15) is 36.1 Å². The quantitative estimate of drug-likeness (QED) is 0.206. The van der Waals surface area contributed by atoms with Gasteiger partial charge < -0.3 is 14.2 Å². The number of aliphatic hydroxyl groups is 1. The minimum absolute atomic E-state index is 0.0286. The van der Waals surface area contributed by atoms with E-state index >= 15 is 0 Å². The van der Waals surface area contributed by atoms with E-state index in [1.54, 1.807) is 35.2 Å². The average molecular weight is 550 g/mol. The number of carbonyl (C=O) groups is 1. The molecule has 39 heavy (non-hydrogen) atoms. The third kappa shape index (κ3) is 5.69. The van der Waals surface area contributed by atoms with Gasteiger partial charge in [0, 0.05) is 5.69 Å². The van der Waals surface area contributed by atoms with E-state index in [0.29, 0.717) is 17.7 Å². The number of anilines is 1. The second-order valence-corrected chi connectivity index (χ2v) is 10.8. The molecule has 1 amide bonds. The maximum Gasteiger partial charge on any atom is 0.339 e. The second-order valence-electron chi connectivity index (χ2n) is 9.30. The predicted octanol–water partition coefficient (Wildman–Crippen LogP) is 5.95. The Kier molecular flexibility index (Phi) is 7.45. The zero-order valence-corrected chi connectivity index (χ0v) is 21.5. The average Bonchev–Trinajstić information content (AvgIpc) is 2.94. The summed E-state index contributed by atoms with van der Waals surface area (Å²) in [5, 5.41) is 10.6. The van der Waals surface area contributed by atoms with Gasteiger partial charge in [-0.25, -0.2) is 8.78 Å². The number of carbonyl (C=O) groups excluding carboxylic acids is 1. The van der Waals surface area contributed by atoms with E-state index in [1.165, 1.54) is 72.8 Å². The molecular formula is C30H25F2NO5S. The summed E-state index contributed by atoms with van der Waals surface area (Å²) in [7, 11) is -4.01. The van der Waals surface area contributed by atoms with Gasteiger partial charge in [-0.2, -0.15) is 8.42 Å². The van der Waals surface area contributed by atoms with E-state index < -0.39 is 39.8 Å². The molecular weight excluding hydrogens is 524 g/mol. The van der Waals surface area contributed by atoms with Gasteiger partial charge in [-0.1, -0.05) is 42.5 Å². The first-order chi connectivity index (χ1) is 18.7. The van der Waals surface area contributed by atoms with Crippen LogP contribution in [0, 0.1) is 17.6 Å². The molecule has 5 rings (SSSR count). The van der Waals surface area contributed by atoms with Crippen LogP contribution in [0.5, 0.6) is 5.75 Å². The maximum absolute atomic E-state index is 13.5. The van der Waals surface area contributed by atoms with E-state index in [0.717, 1.165) is 5.56 Å². The SMILES string of the molecule is O=C1[C@H](CCC(O)c2ccc(F)cc2)[C@@H](c2ccc(OS(=O)(=O)c3ccccc3)cc2)N1c1ccc(F)cc1. The van der Waals surface area contributed by atoms with Crippen molar-refractivity contribution in [1.29, 1.82) is 0 Å². The van der Waals surface area contributed by atoms with Gasteiger partial charge in [0.2, 0.25) is 5.91 Å². The minimum Gasteiger partial charge on any atom is -0.388 e. The Bertz CT molecular complexity index is 1540. The Morgan fingerprint density at radius 2 is 1.41 bits per heavy atom. The lowest BCUT2D eigenvalue weighted by Crippen LogP contribution is -2.55. The first-order valence-corrected chi connectivity index (χ1v) is 13.8. The van der Waals surface area contributed by atoms with Crippen LogP contribution in [0.3, 0.4) is 0 Å². The fourth-order valence-electron chi connectivity index (χ4n) is 4.77. The predicted molar refractivity (Wildman–Crippen MR) is 141 cm³/mol. The smallest absolute Gasteiger partial charge is 0.339 e. The maximum atomic E-state index is 13.5. The Morgan fingerprint density at radius 1 is 0.821 bits per heavy atom. The summed E-state index contributed by atoms with van der Waals surface area (Å²) in [4.78, 5) is 14.8. The van der Waals surface area contributed by atoms with Crippen LogP contribution in [-0.4, -0.2) is 19.4 Å². The number of amides is 1. The van der Waals surface area contributed by atoms with Crippen LogP contribution in [0.15, 0.2) is 108 Å². The van der Waals surface area contributed by atoms with Crippen molar-refractivity contribution >= 4 is 21.7 Å². The van der Waals surface area contributed by atoms with Gasteiger partial charge in [-0.3, -0.25) is 4.79 Å². The number of benzene rings is 4. The topological polar surface area (TPSA) is 83.9 Å². The zero-order valence-electron chi connectivity index (χ0n) is 20.7. The normalized spacial score (nSPS) is 17.9. The van der Waals surface area contributed by atoms with Crippen molar-refractivity contribution in [3.63, 3.8) is 0 Å². The lowest BCUT2D eigenvalue weighted by Gasteiger charge is -2.48. The second kappa shape index (κ2) is 11.0. The Morgan fingerprint density at radius 3 is 2.03 bits per heavy atom. The van der Waals surface area contributed by atoms with Crippen LogP contribution in [0.25, 0.3) is 0 Å². The van der Waals surface area contributed by atoms with Crippen molar-refractivity contribution in [2.45, 2.75) is 29.9 Å². The molecule has 1 heterocycles. The Balaban J connectivity index is 1.37. The monoisotopic (exact) mass is 549 g/mol. The molecule has 0 saturated carbocycles. The molecule has 1 aliphatic rings. The first-order valence-electron chi connectivity index (χ1n) is 12.3.